The van der Waals surface area contributed by atoms with Crippen molar-refractivity contribution in [3.8, 4) is 5.75 Å². The largest absolute Gasteiger partial charge is 0.506 e. The fourth-order valence-corrected chi connectivity index (χ4v) is 1.51. The van der Waals surface area contributed by atoms with Gasteiger partial charge in [-0.1, -0.05) is 0 Å². The highest BCUT2D eigenvalue weighted by atomic mass is 79.9. The Balaban J connectivity index is 3.46. The lowest BCUT2D eigenvalue weighted by Gasteiger charge is -2.10. The van der Waals surface area contributed by atoms with Crippen molar-refractivity contribution in [3.63, 3.8) is 0 Å². The molecule has 0 aliphatic rings. The molecule has 92 valence electrons. The van der Waals surface area contributed by atoms with Gasteiger partial charge >= 0.3 is 12.1 Å². The van der Waals surface area contributed by atoms with E-state index in [1.807, 2.05) is 0 Å². The number of rotatable bonds is 2. The standard InChI is InChI=1S/C9H4BrF3O4/c10-5-2-3(9(11,12)13)1-4(6(5)14)7(15)8(16)17/h1-2,14H,(H,16,17). The molecule has 0 amide bonds. The Hall–Kier alpha value is -1.57. The van der Waals surface area contributed by atoms with E-state index in [0.717, 1.165) is 0 Å². The zero-order chi connectivity index (χ0) is 13.4. The number of benzene rings is 1. The summed E-state index contributed by atoms with van der Waals surface area (Å²) in [6.07, 6.45) is -4.75. The van der Waals surface area contributed by atoms with E-state index in [4.69, 9.17) is 5.11 Å². The first-order valence-electron chi connectivity index (χ1n) is 4.02. The van der Waals surface area contributed by atoms with Crippen molar-refractivity contribution in [2.75, 3.05) is 0 Å². The number of alkyl halides is 3. The Kier molecular flexibility index (Phi) is 3.46. The van der Waals surface area contributed by atoms with Gasteiger partial charge in [0, 0.05) is 0 Å². The van der Waals surface area contributed by atoms with E-state index >= 15 is 0 Å². The topological polar surface area (TPSA) is 74.6 Å². The van der Waals surface area contributed by atoms with Gasteiger partial charge in [0.05, 0.1) is 15.6 Å². The number of Topliss-reactive ketones (excluding diaryl/α,β-unsaturated/α-hetero) is 1. The van der Waals surface area contributed by atoms with Crippen LogP contribution in [0.1, 0.15) is 15.9 Å². The molecule has 1 aromatic carbocycles. The summed E-state index contributed by atoms with van der Waals surface area (Å²) in [5.74, 6) is -4.41. The van der Waals surface area contributed by atoms with Gasteiger partial charge in [-0.05, 0) is 28.1 Å². The molecule has 0 saturated heterocycles. The van der Waals surface area contributed by atoms with Crippen molar-refractivity contribution in [2.24, 2.45) is 0 Å². The third-order valence-corrected chi connectivity index (χ3v) is 2.43. The van der Waals surface area contributed by atoms with Crippen LogP contribution in [0, 0.1) is 0 Å². The van der Waals surface area contributed by atoms with Crippen LogP contribution in [0.25, 0.3) is 0 Å². The van der Waals surface area contributed by atoms with Crippen molar-refractivity contribution in [3.05, 3.63) is 27.7 Å². The van der Waals surface area contributed by atoms with Crippen LogP contribution in [0.3, 0.4) is 0 Å². The Labute approximate surface area is 101 Å². The van der Waals surface area contributed by atoms with Crippen LogP contribution < -0.4 is 0 Å². The van der Waals surface area contributed by atoms with Gasteiger partial charge in [0.2, 0.25) is 0 Å². The van der Waals surface area contributed by atoms with Gasteiger partial charge in [0.15, 0.2) is 0 Å². The van der Waals surface area contributed by atoms with Crippen LogP contribution in [0.2, 0.25) is 0 Å². The molecule has 0 atom stereocenters. The number of aliphatic carboxylic acids is 1. The monoisotopic (exact) mass is 312 g/mol. The summed E-state index contributed by atoms with van der Waals surface area (Å²) in [6, 6.07) is 0.838. The summed E-state index contributed by atoms with van der Waals surface area (Å²) in [5, 5.41) is 17.7. The maximum atomic E-state index is 12.4. The minimum absolute atomic E-state index is 0.288. The minimum Gasteiger partial charge on any atom is -0.506 e. The zero-order valence-electron chi connectivity index (χ0n) is 7.88. The van der Waals surface area contributed by atoms with E-state index in [1.54, 1.807) is 0 Å². The number of carboxylic acids is 1. The normalized spacial score (nSPS) is 11.3. The SMILES string of the molecule is O=C(O)C(=O)c1cc(C(F)(F)F)cc(Br)c1O. The maximum Gasteiger partial charge on any atom is 0.416 e. The van der Waals surface area contributed by atoms with E-state index in [9.17, 15) is 27.9 Å². The number of halogens is 4. The van der Waals surface area contributed by atoms with Gasteiger partial charge in [-0.15, -0.1) is 0 Å². The number of hydrogen-bond donors (Lipinski definition) is 2. The molecule has 0 spiro atoms. The van der Waals surface area contributed by atoms with Gasteiger partial charge in [-0.25, -0.2) is 4.79 Å². The number of carbonyl (C=O) groups is 2. The van der Waals surface area contributed by atoms with Crippen LogP contribution in [0.5, 0.6) is 5.75 Å². The average molecular weight is 313 g/mol. The number of hydrogen-bond acceptors (Lipinski definition) is 3. The molecule has 0 aliphatic heterocycles. The lowest BCUT2D eigenvalue weighted by molar-refractivity contribution is -0.138. The first-order valence-corrected chi connectivity index (χ1v) is 4.81. The second-order valence-electron chi connectivity index (χ2n) is 2.99. The first-order chi connectivity index (χ1) is 7.64. The third kappa shape index (κ3) is 2.76. The van der Waals surface area contributed by atoms with E-state index in [1.165, 1.54) is 0 Å². The molecule has 0 radical (unpaired) electrons. The number of aromatic hydroxyl groups is 1. The molecule has 0 unspecified atom stereocenters. The van der Waals surface area contributed by atoms with Gasteiger partial charge in [0.1, 0.15) is 5.75 Å². The van der Waals surface area contributed by atoms with Crippen molar-refractivity contribution < 1.29 is 33.0 Å². The highest BCUT2D eigenvalue weighted by molar-refractivity contribution is 9.10. The first kappa shape index (κ1) is 13.5. The molecule has 8 heteroatoms. The Morgan fingerprint density at radius 1 is 1.24 bits per heavy atom. The van der Waals surface area contributed by atoms with Crippen LogP contribution in [-0.4, -0.2) is 22.0 Å². The van der Waals surface area contributed by atoms with Gasteiger partial charge in [0.25, 0.3) is 5.78 Å². The number of carboxylic acid groups (broad SMARTS) is 1. The fraction of sp³-hybridized carbons (Fsp3) is 0.111. The molecule has 0 fully saturated rings. The fourth-order valence-electron chi connectivity index (χ4n) is 1.05. The quantitative estimate of drug-likeness (QED) is 0.649. The summed E-state index contributed by atoms with van der Waals surface area (Å²) in [6.45, 7) is 0. The molecule has 17 heavy (non-hydrogen) atoms. The van der Waals surface area contributed by atoms with Crippen molar-refractivity contribution in [2.45, 2.75) is 6.18 Å². The summed E-state index contributed by atoms with van der Waals surface area (Å²) < 4.78 is 36.7. The molecular weight excluding hydrogens is 309 g/mol. The van der Waals surface area contributed by atoms with E-state index in [2.05, 4.69) is 15.9 Å². The highest BCUT2D eigenvalue weighted by Crippen LogP contribution is 2.37. The molecule has 0 bridgehead atoms. The summed E-state index contributed by atoms with van der Waals surface area (Å²) >= 11 is 2.61. The highest BCUT2D eigenvalue weighted by Gasteiger charge is 2.33. The lowest BCUT2D eigenvalue weighted by atomic mass is 10.1. The molecular formula is C9H4BrF3O4. The molecule has 0 aliphatic carbocycles. The van der Waals surface area contributed by atoms with Crippen LogP contribution in [0.4, 0.5) is 13.2 Å². The number of carbonyl (C=O) groups excluding carboxylic acids is 1. The summed E-state index contributed by atoms with van der Waals surface area (Å²) in [7, 11) is 0. The molecule has 0 saturated carbocycles. The number of phenolic OH excluding ortho intramolecular Hbond substituents is 1. The Bertz CT molecular complexity index is 496. The second-order valence-corrected chi connectivity index (χ2v) is 3.84. The van der Waals surface area contributed by atoms with Gasteiger partial charge in [-0.3, -0.25) is 4.79 Å². The zero-order valence-corrected chi connectivity index (χ0v) is 9.46. The maximum absolute atomic E-state index is 12.4. The lowest BCUT2D eigenvalue weighted by Crippen LogP contribution is -2.15. The van der Waals surface area contributed by atoms with Gasteiger partial charge < -0.3 is 10.2 Å². The summed E-state index contributed by atoms with van der Waals surface area (Å²) in [4.78, 5) is 21.4. The number of phenols is 1. The predicted molar refractivity (Wildman–Crippen MR) is 52.8 cm³/mol. The van der Waals surface area contributed by atoms with Crippen molar-refractivity contribution in [1.82, 2.24) is 0 Å². The third-order valence-electron chi connectivity index (χ3n) is 1.83. The van der Waals surface area contributed by atoms with E-state index in [0.29, 0.717) is 6.07 Å². The minimum atomic E-state index is -4.75. The second kappa shape index (κ2) is 4.36. The van der Waals surface area contributed by atoms with Crippen LogP contribution in [0.15, 0.2) is 16.6 Å². The molecule has 1 aromatic rings. The Morgan fingerprint density at radius 2 is 1.76 bits per heavy atom. The van der Waals surface area contributed by atoms with Crippen LogP contribution in [-0.2, 0) is 11.0 Å². The van der Waals surface area contributed by atoms with E-state index in [-0.39, 0.29) is 6.07 Å². The Morgan fingerprint density at radius 3 is 2.18 bits per heavy atom. The average Bonchev–Trinajstić information content (AvgIpc) is 2.19. The van der Waals surface area contributed by atoms with Crippen molar-refractivity contribution >= 4 is 27.7 Å². The van der Waals surface area contributed by atoms with Gasteiger partial charge in [-0.2, -0.15) is 13.2 Å². The molecule has 0 aromatic heterocycles. The molecule has 4 nitrogen and oxygen atoms in total. The van der Waals surface area contributed by atoms with Crippen molar-refractivity contribution in [1.29, 1.82) is 0 Å². The molecule has 1 rings (SSSR count). The smallest absolute Gasteiger partial charge is 0.416 e. The van der Waals surface area contributed by atoms with E-state index < -0.39 is 39.3 Å². The predicted octanol–water partition coefficient (Wildman–Crippen LogP) is 2.44. The number of ketones is 1. The van der Waals surface area contributed by atoms with Crippen LogP contribution >= 0.6 is 15.9 Å². The molecule has 2 N–H and O–H groups in total. The summed E-state index contributed by atoms with van der Waals surface area (Å²) in [5.41, 5.74) is -2.15. The molecule has 0 heterocycles.